The van der Waals surface area contributed by atoms with E-state index in [4.69, 9.17) is 9.73 Å². The summed E-state index contributed by atoms with van der Waals surface area (Å²) in [6.07, 6.45) is -0.497. The second-order valence-corrected chi connectivity index (χ2v) is 8.33. The molecule has 0 aromatic heterocycles. The molecule has 0 spiro atoms. The van der Waals surface area contributed by atoms with Gasteiger partial charge in [0, 0.05) is 52.9 Å². The van der Waals surface area contributed by atoms with Crippen molar-refractivity contribution in [3.05, 3.63) is 35.4 Å². The predicted octanol–water partition coefficient (Wildman–Crippen LogP) is 0.697. The molecule has 2 atom stereocenters. The highest BCUT2D eigenvalue weighted by Crippen LogP contribution is 2.26. The molecular weight excluding hydrogens is 396 g/mol. The molecule has 9 nitrogen and oxygen atoms in total. The minimum Gasteiger partial charge on any atom is -0.380 e. The SMILES string of the molecule is CCOCCN1C(N2CCN(Cc3ccc(C)cc3)CC2)=NC2C1C(=O)NC(=O)N2C. The number of nitrogens with zero attached hydrogens (tertiary/aromatic N) is 5. The number of aryl methyl sites for hydroxylation is 1. The first-order valence-electron chi connectivity index (χ1n) is 11.0. The van der Waals surface area contributed by atoms with E-state index >= 15 is 0 Å². The molecule has 0 radical (unpaired) electrons. The van der Waals surface area contributed by atoms with Crippen LogP contribution in [0.15, 0.2) is 29.3 Å². The molecule has 4 rings (SSSR count). The van der Waals surface area contributed by atoms with Gasteiger partial charge in [-0.05, 0) is 19.4 Å². The summed E-state index contributed by atoms with van der Waals surface area (Å²) in [5.74, 6) is 0.503. The van der Waals surface area contributed by atoms with Gasteiger partial charge >= 0.3 is 6.03 Å². The molecule has 168 valence electrons. The van der Waals surface area contributed by atoms with Gasteiger partial charge < -0.3 is 19.4 Å². The van der Waals surface area contributed by atoms with Crippen LogP contribution in [-0.4, -0.2) is 103 Å². The summed E-state index contributed by atoms with van der Waals surface area (Å²) in [6, 6.07) is 7.77. The number of carbonyl (C=O) groups is 2. The Balaban J connectivity index is 1.44. The van der Waals surface area contributed by atoms with Gasteiger partial charge in [0.05, 0.1) is 6.61 Å². The Bertz CT molecular complexity index is 834. The van der Waals surface area contributed by atoms with E-state index in [1.54, 1.807) is 7.05 Å². The fourth-order valence-corrected chi connectivity index (χ4v) is 4.38. The van der Waals surface area contributed by atoms with Crippen LogP contribution in [-0.2, 0) is 16.1 Å². The van der Waals surface area contributed by atoms with Crippen molar-refractivity contribution < 1.29 is 14.3 Å². The Morgan fingerprint density at radius 2 is 1.84 bits per heavy atom. The second-order valence-electron chi connectivity index (χ2n) is 8.33. The number of ether oxygens (including phenoxy) is 1. The lowest BCUT2D eigenvalue weighted by Gasteiger charge is -2.40. The van der Waals surface area contributed by atoms with Crippen LogP contribution in [0.2, 0.25) is 0 Å². The number of aliphatic imine (C=N–C) groups is 1. The van der Waals surface area contributed by atoms with Gasteiger partial charge in [0.25, 0.3) is 5.91 Å². The summed E-state index contributed by atoms with van der Waals surface area (Å²) in [4.78, 5) is 37.8. The maximum atomic E-state index is 12.6. The number of imide groups is 1. The third-order valence-corrected chi connectivity index (χ3v) is 6.20. The van der Waals surface area contributed by atoms with Gasteiger partial charge in [0.15, 0.2) is 18.2 Å². The predicted molar refractivity (Wildman–Crippen MR) is 118 cm³/mol. The number of benzene rings is 1. The molecule has 2 saturated heterocycles. The molecular formula is C22H32N6O3. The van der Waals surface area contributed by atoms with Gasteiger partial charge in [-0.25, -0.2) is 9.79 Å². The van der Waals surface area contributed by atoms with Crippen molar-refractivity contribution in [2.24, 2.45) is 4.99 Å². The molecule has 31 heavy (non-hydrogen) atoms. The van der Waals surface area contributed by atoms with Crippen molar-refractivity contribution in [1.82, 2.24) is 24.9 Å². The van der Waals surface area contributed by atoms with Crippen LogP contribution >= 0.6 is 0 Å². The first kappa shape index (κ1) is 21.6. The molecule has 0 bridgehead atoms. The summed E-state index contributed by atoms with van der Waals surface area (Å²) in [5, 5.41) is 2.45. The van der Waals surface area contributed by atoms with Crippen LogP contribution in [0, 0.1) is 6.92 Å². The average Bonchev–Trinajstić information content (AvgIpc) is 3.15. The number of fused-ring (bicyclic) bond motifs is 1. The van der Waals surface area contributed by atoms with Crippen LogP contribution in [0.4, 0.5) is 4.79 Å². The largest absolute Gasteiger partial charge is 0.380 e. The Labute approximate surface area is 183 Å². The van der Waals surface area contributed by atoms with Gasteiger partial charge in [0.2, 0.25) is 0 Å². The smallest absolute Gasteiger partial charge is 0.325 e. The number of piperazine rings is 1. The zero-order valence-electron chi connectivity index (χ0n) is 18.6. The van der Waals surface area contributed by atoms with Crippen LogP contribution < -0.4 is 5.32 Å². The van der Waals surface area contributed by atoms with E-state index in [0.29, 0.717) is 19.8 Å². The van der Waals surface area contributed by atoms with Gasteiger partial charge in [-0.15, -0.1) is 0 Å². The lowest BCUT2D eigenvalue weighted by Crippen LogP contribution is -2.65. The first-order valence-corrected chi connectivity index (χ1v) is 11.0. The van der Waals surface area contributed by atoms with Crippen molar-refractivity contribution >= 4 is 17.9 Å². The molecule has 0 aliphatic carbocycles. The molecule has 2 fully saturated rings. The second kappa shape index (κ2) is 9.23. The quantitative estimate of drug-likeness (QED) is 0.672. The molecule has 1 aromatic carbocycles. The number of urea groups is 1. The van der Waals surface area contributed by atoms with E-state index in [1.165, 1.54) is 16.0 Å². The summed E-state index contributed by atoms with van der Waals surface area (Å²) >= 11 is 0. The third-order valence-electron chi connectivity index (χ3n) is 6.20. The molecule has 2 unspecified atom stereocenters. The van der Waals surface area contributed by atoms with Crippen LogP contribution in [0.1, 0.15) is 18.1 Å². The number of likely N-dealkylation sites (N-methyl/N-ethyl adjacent to an activating group) is 1. The molecule has 3 aliphatic heterocycles. The molecule has 3 amide bonds. The summed E-state index contributed by atoms with van der Waals surface area (Å²) in [6.45, 7) is 10.2. The van der Waals surface area contributed by atoms with Crippen LogP contribution in [0.3, 0.4) is 0 Å². The number of amides is 3. The Kier molecular flexibility index (Phi) is 6.43. The van der Waals surface area contributed by atoms with E-state index in [9.17, 15) is 9.59 Å². The van der Waals surface area contributed by atoms with Gasteiger partial charge in [-0.2, -0.15) is 0 Å². The van der Waals surface area contributed by atoms with Crippen molar-refractivity contribution in [2.45, 2.75) is 32.6 Å². The minimum atomic E-state index is -0.510. The summed E-state index contributed by atoms with van der Waals surface area (Å²) in [7, 11) is 1.69. The molecule has 1 N–H and O–H groups in total. The number of guanidine groups is 1. The molecule has 1 aromatic rings. The van der Waals surface area contributed by atoms with Gasteiger partial charge in [-0.1, -0.05) is 29.8 Å². The molecule has 3 heterocycles. The molecule has 3 aliphatic rings. The van der Waals surface area contributed by atoms with E-state index < -0.39 is 18.2 Å². The topological polar surface area (TPSA) is 80.7 Å². The number of nitrogens with one attached hydrogen (secondary N) is 1. The fraction of sp³-hybridized carbons (Fsp3) is 0.591. The lowest BCUT2D eigenvalue weighted by molar-refractivity contribution is -0.127. The maximum absolute atomic E-state index is 12.6. The van der Waals surface area contributed by atoms with Gasteiger partial charge in [0.1, 0.15) is 0 Å². The summed E-state index contributed by atoms with van der Waals surface area (Å²) < 4.78 is 5.55. The van der Waals surface area contributed by atoms with E-state index in [-0.39, 0.29) is 5.91 Å². The monoisotopic (exact) mass is 428 g/mol. The number of hydrogen-bond donors (Lipinski definition) is 1. The third kappa shape index (κ3) is 4.52. The van der Waals surface area contributed by atoms with Crippen molar-refractivity contribution in [3.63, 3.8) is 0 Å². The standard InChI is InChI=1S/C22H32N6O3/c1-4-31-14-13-28-18-19(25(3)22(30)24-20(18)29)23-21(28)27-11-9-26(10-12-27)15-17-7-5-16(2)6-8-17/h5-8,18-19H,4,9-15H2,1-3H3,(H,24,29,30). The van der Waals surface area contributed by atoms with Crippen LogP contribution in [0.25, 0.3) is 0 Å². The highest BCUT2D eigenvalue weighted by Gasteiger charge is 2.49. The van der Waals surface area contributed by atoms with E-state index in [0.717, 1.165) is 38.7 Å². The fourth-order valence-electron chi connectivity index (χ4n) is 4.38. The Morgan fingerprint density at radius 3 is 2.52 bits per heavy atom. The van der Waals surface area contributed by atoms with Crippen LogP contribution in [0.5, 0.6) is 0 Å². The van der Waals surface area contributed by atoms with Gasteiger partial charge in [-0.3, -0.25) is 15.0 Å². The highest BCUT2D eigenvalue weighted by molar-refractivity contribution is 6.03. The zero-order valence-corrected chi connectivity index (χ0v) is 18.6. The summed E-state index contributed by atoms with van der Waals surface area (Å²) in [5.41, 5.74) is 2.59. The molecule has 9 heteroatoms. The van der Waals surface area contributed by atoms with Crippen molar-refractivity contribution in [1.29, 1.82) is 0 Å². The number of rotatable bonds is 6. The van der Waals surface area contributed by atoms with Crippen molar-refractivity contribution in [2.75, 3.05) is 53.0 Å². The minimum absolute atomic E-state index is 0.290. The highest BCUT2D eigenvalue weighted by atomic mass is 16.5. The van der Waals surface area contributed by atoms with E-state index in [2.05, 4.69) is 46.3 Å². The average molecular weight is 429 g/mol. The normalized spacial score (nSPS) is 24.4. The molecule has 0 saturated carbocycles. The lowest BCUT2D eigenvalue weighted by atomic mass is 10.1. The van der Waals surface area contributed by atoms with Crippen molar-refractivity contribution in [3.8, 4) is 0 Å². The number of hydrogen-bond acceptors (Lipinski definition) is 7. The zero-order chi connectivity index (χ0) is 22.0. The Morgan fingerprint density at radius 1 is 1.13 bits per heavy atom. The number of carbonyl (C=O) groups excluding carboxylic acids is 2. The maximum Gasteiger partial charge on any atom is 0.325 e. The van der Waals surface area contributed by atoms with E-state index in [1.807, 2.05) is 11.8 Å². The Hall–Kier alpha value is -2.65. The first-order chi connectivity index (χ1) is 15.0.